The number of nitrogens with zero attached hydrogens (tertiary/aromatic N) is 2. The molecule has 0 radical (unpaired) electrons. The first-order valence-corrected chi connectivity index (χ1v) is 12.7. The van der Waals surface area contributed by atoms with Gasteiger partial charge in [0.15, 0.2) is 0 Å². The Kier molecular flexibility index (Phi) is 4.97. The second-order valence-electron chi connectivity index (χ2n) is 8.69. The van der Waals surface area contributed by atoms with Crippen LogP contribution in [0.3, 0.4) is 0 Å². The van der Waals surface area contributed by atoms with Crippen molar-refractivity contribution in [2.24, 2.45) is 0 Å². The Morgan fingerprint density at radius 2 is 0.861 bits per heavy atom. The van der Waals surface area contributed by atoms with Gasteiger partial charge in [-0.2, -0.15) is 0 Å². The lowest BCUT2D eigenvalue weighted by atomic mass is 10.00. The molecule has 0 bridgehead atoms. The number of thiophene rings is 1. The maximum Gasteiger partial charge on any atom is 0.248 e. The highest BCUT2D eigenvalue weighted by Crippen LogP contribution is 2.43. The van der Waals surface area contributed by atoms with Gasteiger partial charge < -0.3 is 4.42 Å². The Morgan fingerprint density at radius 1 is 0.417 bits per heavy atom. The summed E-state index contributed by atoms with van der Waals surface area (Å²) in [4.78, 5) is 0. The van der Waals surface area contributed by atoms with E-state index in [1.165, 1.54) is 42.4 Å². The van der Waals surface area contributed by atoms with Gasteiger partial charge >= 0.3 is 0 Å². The van der Waals surface area contributed by atoms with E-state index in [1.54, 1.807) is 0 Å². The Labute approximate surface area is 212 Å². The smallest absolute Gasteiger partial charge is 0.248 e. The Bertz CT molecular complexity index is 1820. The standard InChI is InChI=1S/C32H20N2OS/c1-3-9-21(10-4-1)25-13-7-15-27-28-16-8-14-26(30(28)36-29(25)27)22-17-19-24(20-18-22)32-34-33-31(35-32)23-11-5-2-6-12-23/h1-20H. The van der Waals surface area contributed by atoms with Crippen LogP contribution in [0.5, 0.6) is 0 Å². The number of hydrogen-bond donors (Lipinski definition) is 0. The van der Waals surface area contributed by atoms with Crippen LogP contribution in [-0.4, -0.2) is 10.2 Å². The second kappa shape index (κ2) is 8.59. The highest BCUT2D eigenvalue weighted by Gasteiger charge is 2.15. The van der Waals surface area contributed by atoms with Crippen molar-refractivity contribution >= 4 is 31.5 Å². The molecule has 0 unspecified atom stereocenters. The lowest BCUT2D eigenvalue weighted by Gasteiger charge is -2.04. The average molecular weight is 481 g/mol. The minimum atomic E-state index is 0.521. The molecule has 0 atom stereocenters. The van der Waals surface area contributed by atoms with E-state index in [9.17, 15) is 0 Å². The Hall–Kier alpha value is -4.54. The van der Waals surface area contributed by atoms with Crippen molar-refractivity contribution in [1.82, 2.24) is 10.2 Å². The first kappa shape index (κ1) is 20.8. The first-order chi connectivity index (χ1) is 17.8. The summed E-state index contributed by atoms with van der Waals surface area (Å²) < 4.78 is 8.57. The number of fused-ring (bicyclic) bond motifs is 3. The number of aromatic nitrogens is 2. The number of hydrogen-bond acceptors (Lipinski definition) is 4. The largest absolute Gasteiger partial charge is 0.416 e. The van der Waals surface area contributed by atoms with E-state index in [4.69, 9.17) is 4.42 Å². The third kappa shape index (κ3) is 3.51. The summed E-state index contributed by atoms with van der Waals surface area (Å²) in [5, 5.41) is 11.1. The van der Waals surface area contributed by atoms with Gasteiger partial charge in [0, 0.05) is 31.3 Å². The first-order valence-electron chi connectivity index (χ1n) is 11.8. The van der Waals surface area contributed by atoms with Crippen molar-refractivity contribution in [1.29, 1.82) is 0 Å². The van der Waals surface area contributed by atoms with Gasteiger partial charge in [0.2, 0.25) is 11.8 Å². The number of rotatable bonds is 4. The summed E-state index contributed by atoms with van der Waals surface area (Å²) in [5.41, 5.74) is 6.74. The minimum absolute atomic E-state index is 0.521. The molecule has 0 N–H and O–H groups in total. The zero-order chi connectivity index (χ0) is 23.9. The Balaban J connectivity index is 1.29. The predicted octanol–water partition coefficient (Wildman–Crippen LogP) is 9.11. The van der Waals surface area contributed by atoms with E-state index in [0.717, 1.165) is 11.1 Å². The van der Waals surface area contributed by atoms with Gasteiger partial charge in [-0.05, 0) is 46.5 Å². The molecule has 3 nitrogen and oxygen atoms in total. The van der Waals surface area contributed by atoms with Crippen molar-refractivity contribution < 1.29 is 4.42 Å². The lowest BCUT2D eigenvalue weighted by Crippen LogP contribution is -1.81. The fourth-order valence-electron chi connectivity index (χ4n) is 4.72. The third-order valence-electron chi connectivity index (χ3n) is 6.50. The van der Waals surface area contributed by atoms with Crippen LogP contribution in [0, 0.1) is 0 Å². The molecule has 0 aliphatic carbocycles. The van der Waals surface area contributed by atoms with Gasteiger partial charge in [-0.1, -0.05) is 97.1 Å². The molecule has 7 aromatic rings. The van der Waals surface area contributed by atoms with Gasteiger partial charge in [0.1, 0.15) is 0 Å². The zero-order valence-corrected chi connectivity index (χ0v) is 20.1. The van der Waals surface area contributed by atoms with Crippen molar-refractivity contribution in [3.05, 3.63) is 121 Å². The van der Waals surface area contributed by atoms with Crippen molar-refractivity contribution in [3.63, 3.8) is 0 Å². The maximum atomic E-state index is 5.95. The fourth-order valence-corrected chi connectivity index (χ4v) is 6.09. The molecule has 0 fully saturated rings. The maximum absolute atomic E-state index is 5.95. The Morgan fingerprint density at radius 3 is 1.42 bits per heavy atom. The summed E-state index contributed by atoms with van der Waals surface area (Å²) in [6, 6.07) is 42.0. The van der Waals surface area contributed by atoms with E-state index in [2.05, 4.69) is 101 Å². The molecule has 2 aromatic heterocycles. The van der Waals surface area contributed by atoms with Crippen LogP contribution in [0.25, 0.3) is 65.3 Å². The average Bonchev–Trinajstić information content (AvgIpc) is 3.60. The summed E-state index contributed by atoms with van der Waals surface area (Å²) >= 11 is 1.87. The van der Waals surface area contributed by atoms with Crippen molar-refractivity contribution in [2.75, 3.05) is 0 Å². The molecule has 7 rings (SSSR count). The summed E-state index contributed by atoms with van der Waals surface area (Å²) in [7, 11) is 0. The molecule has 2 heterocycles. The lowest BCUT2D eigenvalue weighted by molar-refractivity contribution is 0.584. The number of benzene rings is 5. The van der Waals surface area contributed by atoms with E-state index < -0.39 is 0 Å². The quantitative estimate of drug-likeness (QED) is 0.252. The molecule has 0 aliphatic heterocycles. The van der Waals surface area contributed by atoms with Gasteiger partial charge in [0.25, 0.3) is 0 Å². The van der Waals surface area contributed by atoms with E-state index in [0.29, 0.717) is 11.8 Å². The summed E-state index contributed by atoms with van der Waals surface area (Å²) in [6.45, 7) is 0. The molecule has 0 spiro atoms. The molecule has 4 heteroatoms. The summed E-state index contributed by atoms with van der Waals surface area (Å²) in [6.07, 6.45) is 0. The molecular formula is C32H20N2OS. The SMILES string of the molecule is c1ccc(-c2nnc(-c3ccc(-c4cccc5c4sc4c(-c6ccccc6)cccc45)cc3)o2)cc1. The highest BCUT2D eigenvalue weighted by molar-refractivity contribution is 7.26. The molecule has 170 valence electrons. The van der Waals surface area contributed by atoms with Crippen LogP contribution < -0.4 is 0 Å². The molecule has 0 aliphatic rings. The zero-order valence-electron chi connectivity index (χ0n) is 19.3. The molecule has 5 aromatic carbocycles. The highest BCUT2D eigenvalue weighted by atomic mass is 32.1. The van der Waals surface area contributed by atoms with Crippen LogP contribution in [0.15, 0.2) is 126 Å². The van der Waals surface area contributed by atoms with Gasteiger partial charge in [-0.25, -0.2) is 0 Å². The second-order valence-corrected chi connectivity index (χ2v) is 9.71. The fraction of sp³-hybridized carbons (Fsp3) is 0. The normalized spacial score (nSPS) is 11.3. The van der Waals surface area contributed by atoms with Crippen LogP contribution >= 0.6 is 11.3 Å². The van der Waals surface area contributed by atoms with E-state index in [-0.39, 0.29) is 0 Å². The molecule has 36 heavy (non-hydrogen) atoms. The molecular weight excluding hydrogens is 460 g/mol. The third-order valence-corrected chi connectivity index (χ3v) is 7.79. The van der Waals surface area contributed by atoms with Gasteiger partial charge in [-0.3, -0.25) is 0 Å². The van der Waals surface area contributed by atoms with Crippen LogP contribution in [0.1, 0.15) is 0 Å². The molecule has 0 saturated carbocycles. The van der Waals surface area contributed by atoms with E-state index >= 15 is 0 Å². The van der Waals surface area contributed by atoms with Crippen LogP contribution in [-0.2, 0) is 0 Å². The topological polar surface area (TPSA) is 38.9 Å². The predicted molar refractivity (Wildman–Crippen MR) is 149 cm³/mol. The van der Waals surface area contributed by atoms with Gasteiger partial charge in [0.05, 0.1) is 0 Å². The molecule has 0 amide bonds. The van der Waals surface area contributed by atoms with Crippen LogP contribution in [0.2, 0.25) is 0 Å². The van der Waals surface area contributed by atoms with Gasteiger partial charge in [-0.15, -0.1) is 21.5 Å². The molecule has 0 saturated heterocycles. The van der Waals surface area contributed by atoms with E-state index in [1.807, 2.05) is 41.7 Å². The minimum Gasteiger partial charge on any atom is -0.416 e. The van der Waals surface area contributed by atoms with Crippen LogP contribution in [0.4, 0.5) is 0 Å². The monoisotopic (exact) mass is 480 g/mol. The summed E-state index contributed by atoms with van der Waals surface area (Å²) in [5.74, 6) is 1.05. The van der Waals surface area contributed by atoms with Crippen molar-refractivity contribution in [2.45, 2.75) is 0 Å². The van der Waals surface area contributed by atoms with Crippen molar-refractivity contribution in [3.8, 4) is 45.2 Å².